The summed E-state index contributed by atoms with van der Waals surface area (Å²) in [6.45, 7) is 2.84. The van der Waals surface area contributed by atoms with Crippen LogP contribution in [-0.4, -0.2) is 61.0 Å². The van der Waals surface area contributed by atoms with Crippen molar-refractivity contribution in [3.8, 4) is 5.69 Å². The van der Waals surface area contributed by atoms with E-state index in [0.717, 1.165) is 18.4 Å². The van der Waals surface area contributed by atoms with Crippen molar-refractivity contribution >= 4 is 23.6 Å². The summed E-state index contributed by atoms with van der Waals surface area (Å²) in [6.07, 6.45) is 3.58. The first-order valence-electron chi connectivity index (χ1n) is 12.6. The first-order chi connectivity index (χ1) is 18.4. The first-order valence-corrected chi connectivity index (χ1v) is 12.6. The highest BCUT2D eigenvalue weighted by Crippen LogP contribution is 2.29. The number of halogens is 1. The molecule has 1 unspecified atom stereocenters. The van der Waals surface area contributed by atoms with Crippen LogP contribution < -0.4 is 5.32 Å². The van der Waals surface area contributed by atoms with Gasteiger partial charge in [0, 0.05) is 37.2 Å². The van der Waals surface area contributed by atoms with Crippen LogP contribution >= 0.6 is 0 Å². The highest BCUT2D eigenvalue weighted by molar-refractivity contribution is 6.05. The average Bonchev–Trinajstić information content (AvgIpc) is 3.52. The number of fused-ring (bicyclic) bond motifs is 1. The Bertz CT molecular complexity index is 1420. The summed E-state index contributed by atoms with van der Waals surface area (Å²) >= 11 is 0. The molecule has 0 saturated carbocycles. The van der Waals surface area contributed by atoms with Gasteiger partial charge in [0.25, 0.3) is 11.8 Å². The molecular formula is C27H27FN6O4. The fraction of sp³-hybridized carbons (Fsp3) is 0.333. The number of unbranched alkanes of at least 4 members (excludes halogenated alkanes) is 1. The molecule has 196 valence electrons. The molecule has 0 bridgehead atoms. The van der Waals surface area contributed by atoms with Crippen LogP contribution in [0.15, 0.2) is 48.7 Å². The Balaban J connectivity index is 1.34. The number of benzene rings is 2. The maximum atomic E-state index is 14.3. The highest BCUT2D eigenvalue weighted by Gasteiger charge is 2.39. The molecule has 1 aromatic heterocycles. The highest BCUT2D eigenvalue weighted by atomic mass is 19.1. The Morgan fingerprint density at radius 1 is 1.18 bits per heavy atom. The van der Waals surface area contributed by atoms with E-state index in [1.54, 1.807) is 41.3 Å². The summed E-state index contributed by atoms with van der Waals surface area (Å²) in [5.41, 5.74) is 2.25. The second-order valence-electron chi connectivity index (χ2n) is 9.46. The zero-order chi connectivity index (χ0) is 26.8. The normalized spacial score (nSPS) is 16.9. The molecule has 10 nitrogen and oxygen atoms in total. The third-order valence-corrected chi connectivity index (χ3v) is 6.88. The SMILES string of the molecule is CCCCN(Cc1ccccc1F)C(=O)c1cn(-c2ccc3c(c2)C(=O)N(C2CCC(=O)NC2=O)C3)nn1. The topological polar surface area (TPSA) is 118 Å². The van der Waals surface area contributed by atoms with Crippen LogP contribution in [0.3, 0.4) is 0 Å². The number of carbonyl (C=O) groups is 4. The number of hydrogen-bond donors (Lipinski definition) is 1. The lowest BCUT2D eigenvalue weighted by molar-refractivity contribution is -0.136. The molecule has 4 amide bonds. The summed E-state index contributed by atoms with van der Waals surface area (Å²) in [4.78, 5) is 53.2. The summed E-state index contributed by atoms with van der Waals surface area (Å²) in [5, 5.41) is 10.4. The van der Waals surface area contributed by atoms with Crippen molar-refractivity contribution in [1.82, 2.24) is 30.1 Å². The molecule has 38 heavy (non-hydrogen) atoms. The molecule has 0 radical (unpaired) electrons. The van der Waals surface area contributed by atoms with Crippen molar-refractivity contribution in [3.63, 3.8) is 0 Å². The Morgan fingerprint density at radius 2 is 2.00 bits per heavy atom. The first kappa shape index (κ1) is 25.2. The van der Waals surface area contributed by atoms with Gasteiger partial charge in [-0.2, -0.15) is 0 Å². The van der Waals surface area contributed by atoms with E-state index in [-0.39, 0.29) is 55.2 Å². The monoisotopic (exact) mass is 518 g/mol. The standard InChI is InChI=1S/C27H27FN6O4/c1-2-3-12-32(14-18-6-4-5-7-21(18)28)27(38)22-16-34(31-30-22)19-9-8-17-15-33(26(37)20(17)13-19)23-10-11-24(35)29-25(23)36/h4-9,13,16,23H,2-3,10-12,14-15H2,1H3,(H,29,35,36). The van der Waals surface area contributed by atoms with Crippen molar-refractivity contribution in [2.24, 2.45) is 0 Å². The van der Waals surface area contributed by atoms with E-state index in [2.05, 4.69) is 15.6 Å². The average molecular weight is 519 g/mol. The second kappa shape index (κ2) is 10.5. The van der Waals surface area contributed by atoms with Gasteiger partial charge < -0.3 is 9.80 Å². The molecule has 3 heterocycles. The van der Waals surface area contributed by atoms with Gasteiger partial charge in [0.1, 0.15) is 11.9 Å². The number of rotatable bonds is 8. The molecule has 11 heteroatoms. The minimum Gasteiger partial charge on any atom is -0.333 e. The van der Waals surface area contributed by atoms with Gasteiger partial charge in [0.2, 0.25) is 11.8 Å². The van der Waals surface area contributed by atoms with E-state index >= 15 is 0 Å². The predicted octanol–water partition coefficient (Wildman–Crippen LogP) is 2.61. The summed E-state index contributed by atoms with van der Waals surface area (Å²) in [6, 6.07) is 10.8. The molecule has 1 saturated heterocycles. The lowest BCUT2D eigenvalue weighted by atomic mass is 10.0. The molecule has 2 aliphatic heterocycles. The quantitative estimate of drug-likeness (QED) is 0.458. The lowest BCUT2D eigenvalue weighted by Gasteiger charge is -2.29. The zero-order valence-electron chi connectivity index (χ0n) is 20.9. The fourth-order valence-electron chi connectivity index (χ4n) is 4.77. The smallest absolute Gasteiger partial charge is 0.276 e. The largest absolute Gasteiger partial charge is 0.333 e. The van der Waals surface area contributed by atoms with Crippen molar-refractivity contribution in [2.45, 2.75) is 51.7 Å². The van der Waals surface area contributed by atoms with Crippen LogP contribution in [0, 0.1) is 5.82 Å². The number of nitrogens with zero attached hydrogens (tertiary/aromatic N) is 5. The molecule has 0 spiro atoms. The van der Waals surface area contributed by atoms with Crippen LogP contribution in [0.1, 0.15) is 64.6 Å². The predicted molar refractivity (Wildman–Crippen MR) is 133 cm³/mol. The van der Waals surface area contributed by atoms with Crippen molar-refractivity contribution < 1.29 is 23.6 Å². The van der Waals surface area contributed by atoms with E-state index in [1.807, 2.05) is 6.92 Å². The third-order valence-electron chi connectivity index (χ3n) is 6.88. The molecule has 2 aliphatic rings. The van der Waals surface area contributed by atoms with Gasteiger partial charge in [-0.3, -0.25) is 24.5 Å². The Morgan fingerprint density at radius 3 is 2.76 bits per heavy atom. The number of imide groups is 1. The van der Waals surface area contributed by atoms with Gasteiger partial charge in [-0.1, -0.05) is 42.8 Å². The van der Waals surface area contributed by atoms with Gasteiger partial charge in [-0.15, -0.1) is 5.10 Å². The summed E-state index contributed by atoms with van der Waals surface area (Å²) in [7, 11) is 0. The Labute approximate surface area is 218 Å². The van der Waals surface area contributed by atoms with Crippen molar-refractivity contribution in [1.29, 1.82) is 0 Å². The number of amides is 4. The van der Waals surface area contributed by atoms with Crippen LogP contribution in [-0.2, 0) is 22.7 Å². The molecule has 1 fully saturated rings. The molecule has 0 aliphatic carbocycles. The third kappa shape index (κ3) is 4.91. The Kier molecular flexibility index (Phi) is 6.99. The fourth-order valence-corrected chi connectivity index (χ4v) is 4.77. The van der Waals surface area contributed by atoms with Crippen LogP contribution in [0.4, 0.5) is 4.39 Å². The minimum atomic E-state index is -0.699. The maximum Gasteiger partial charge on any atom is 0.276 e. The second-order valence-corrected chi connectivity index (χ2v) is 9.46. The van der Waals surface area contributed by atoms with E-state index in [9.17, 15) is 23.6 Å². The summed E-state index contributed by atoms with van der Waals surface area (Å²) < 4.78 is 15.7. The number of hydrogen-bond acceptors (Lipinski definition) is 6. The van der Waals surface area contributed by atoms with E-state index < -0.39 is 11.9 Å². The van der Waals surface area contributed by atoms with Gasteiger partial charge >= 0.3 is 0 Å². The van der Waals surface area contributed by atoms with Crippen molar-refractivity contribution in [3.05, 3.63) is 76.9 Å². The minimum absolute atomic E-state index is 0.106. The molecule has 2 aromatic carbocycles. The van der Waals surface area contributed by atoms with Gasteiger partial charge in [-0.05, 0) is 36.6 Å². The van der Waals surface area contributed by atoms with Gasteiger partial charge in [0.15, 0.2) is 5.69 Å². The zero-order valence-corrected chi connectivity index (χ0v) is 20.9. The van der Waals surface area contributed by atoms with Crippen molar-refractivity contribution in [2.75, 3.05) is 6.54 Å². The number of carbonyl (C=O) groups excluding carboxylic acids is 4. The summed E-state index contributed by atoms with van der Waals surface area (Å²) in [5.74, 6) is -1.85. The molecule has 5 rings (SSSR count). The van der Waals surface area contributed by atoms with Crippen LogP contribution in [0.2, 0.25) is 0 Å². The molecule has 1 N–H and O–H groups in total. The van der Waals surface area contributed by atoms with E-state index in [1.165, 1.54) is 21.8 Å². The number of nitrogens with one attached hydrogen (secondary N) is 1. The van der Waals surface area contributed by atoms with E-state index in [0.29, 0.717) is 23.4 Å². The van der Waals surface area contributed by atoms with Gasteiger partial charge in [0.05, 0.1) is 11.9 Å². The van der Waals surface area contributed by atoms with Crippen LogP contribution in [0.5, 0.6) is 0 Å². The Hall–Kier alpha value is -4.41. The van der Waals surface area contributed by atoms with Gasteiger partial charge in [-0.25, -0.2) is 9.07 Å². The molecule has 1 atom stereocenters. The molecule has 3 aromatic rings. The van der Waals surface area contributed by atoms with Crippen LogP contribution in [0.25, 0.3) is 5.69 Å². The lowest BCUT2D eigenvalue weighted by Crippen LogP contribution is -2.52. The number of piperidine rings is 1. The number of aromatic nitrogens is 3. The molecular weight excluding hydrogens is 491 g/mol. The maximum absolute atomic E-state index is 14.3. The van der Waals surface area contributed by atoms with E-state index in [4.69, 9.17) is 0 Å².